The summed E-state index contributed by atoms with van der Waals surface area (Å²) in [4.78, 5) is 4.46. The summed E-state index contributed by atoms with van der Waals surface area (Å²) >= 11 is 1.43. The molecule has 7 heteroatoms. The number of hydrogen-bond acceptors (Lipinski definition) is 5. The van der Waals surface area contributed by atoms with E-state index in [1.54, 1.807) is 26.4 Å². The Bertz CT molecular complexity index is 838. The van der Waals surface area contributed by atoms with Gasteiger partial charge < -0.3 is 9.47 Å². The molecule has 5 nitrogen and oxygen atoms in total. The Balaban J connectivity index is 1.76. The second-order valence-electron chi connectivity index (χ2n) is 4.95. The highest BCUT2D eigenvalue weighted by Gasteiger charge is 2.12. The molecule has 0 amide bonds. The summed E-state index contributed by atoms with van der Waals surface area (Å²) in [5, 5.41) is 7.69. The molecule has 1 heterocycles. The molecule has 1 N–H and O–H groups in total. The molecule has 0 fully saturated rings. The summed E-state index contributed by atoms with van der Waals surface area (Å²) in [5.74, 6) is 2.31. The highest BCUT2D eigenvalue weighted by Crippen LogP contribution is 2.32. The number of nitrogens with one attached hydrogen (secondary N) is 1. The van der Waals surface area contributed by atoms with E-state index in [4.69, 9.17) is 9.47 Å². The second-order valence-corrected chi connectivity index (χ2v) is 5.89. The minimum Gasteiger partial charge on any atom is -0.497 e. The lowest BCUT2D eigenvalue weighted by Crippen LogP contribution is -1.91. The summed E-state index contributed by atoms with van der Waals surface area (Å²) in [6.45, 7) is 0. The Hall–Kier alpha value is -2.54. The highest BCUT2D eigenvalue weighted by atomic mass is 32.2. The third-order valence-corrected chi connectivity index (χ3v) is 4.30. The van der Waals surface area contributed by atoms with Gasteiger partial charge in [0.2, 0.25) is 5.16 Å². The van der Waals surface area contributed by atoms with Crippen LogP contribution in [0.25, 0.3) is 11.4 Å². The molecule has 124 valence electrons. The van der Waals surface area contributed by atoms with Crippen molar-refractivity contribution in [3.8, 4) is 22.9 Å². The van der Waals surface area contributed by atoms with Crippen molar-refractivity contribution in [2.45, 2.75) is 10.9 Å². The molecule has 3 rings (SSSR count). The first-order chi connectivity index (χ1) is 11.7. The molecular weight excluding hydrogens is 329 g/mol. The van der Waals surface area contributed by atoms with E-state index in [-0.39, 0.29) is 5.82 Å². The number of halogens is 1. The van der Waals surface area contributed by atoms with Crippen LogP contribution < -0.4 is 9.47 Å². The Morgan fingerprint density at radius 2 is 2.00 bits per heavy atom. The van der Waals surface area contributed by atoms with Gasteiger partial charge >= 0.3 is 0 Å². The molecule has 0 bridgehead atoms. The molecule has 1 aromatic heterocycles. The van der Waals surface area contributed by atoms with Crippen molar-refractivity contribution in [1.82, 2.24) is 15.2 Å². The first-order valence-corrected chi connectivity index (χ1v) is 8.20. The largest absolute Gasteiger partial charge is 0.497 e. The van der Waals surface area contributed by atoms with Gasteiger partial charge in [-0.25, -0.2) is 9.37 Å². The highest BCUT2D eigenvalue weighted by molar-refractivity contribution is 7.98. The number of rotatable bonds is 6. The third kappa shape index (κ3) is 3.68. The molecule has 24 heavy (non-hydrogen) atoms. The average molecular weight is 345 g/mol. The number of methoxy groups -OCH3 is 2. The molecule has 0 aliphatic rings. The zero-order chi connectivity index (χ0) is 16.9. The van der Waals surface area contributed by atoms with Crippen LogP contribution in [-0.2, 0) is 5.75 Å². The van der Waals surface area contributed by atoms with Crippen LogP contribution in [0.1, 0.15) is 5.56 Å². The number of benzene rings is 2. The normalized spacial score (nSPS) is 10.6. The van der Waals surface area contributed by atoms with E-state index in [9.17, 15) is 4.39 Å². The van der Waals surface area contributed by atoms with Gasteiger partial charge in [0.1, 0.15) is 17.3 Å². The van der Waals surface area contributed by atoms with Gasteiger partial charge in [-0.15, -0.1) is 5.10 Å². The van der Waals surface area contributed by atoms with Crippen LogP contribution in [0.15, 0.2) is 47.6 Å². The van der Waals surface area contributed by atoms with E-state index >= 15 is 0 Å². The number of ether oxygens (including phenoxy) is 2. The molecule has 0 saturated carbocycles. The number of aromatic nitrogens is 3. The number of nitrogens with zero attached hydrogens (tertiary/aromatic N) is 2. The summed E-state index contributed by atoms with van der Waals surface area (Å²) < 4.78 is 23.8. The standard InChI is InChI=1S/C17H16FN3O2S/c1-22-13-6-7-14(15(9-13)23-2)16-19-17(21-20-16)24-10-11-4-3-5-12(18)8-11/h3-9H,10H2,1-2H3,(H,19,20,21). The fourth-order valence-corrected chi connectivity index (χ4v) is 2.94. The molecule has 0 saturated heterocycles. The zero-order valence-electron chi connectivity index (χ0n) is 13.2. The maximum atomic E-state index is 13.2. The van der Waals surface area contributed by atoms with E-state index < -0.39 is 0 Å². The topological polar surface area (TPSA) is 60.0 Å². The lowest BCUT2D eigenvalue weighted by Gasteiger charge is -2.07. The van der Waals surface area contributed by atoms with Crippen molar-refractivity contribution in [1.29, 1.82) is 0 Å². The predicted octanol–water partition coefficient (Wildman–Crippen LogP) is 3.92. The van der Waals surface area contributed by atoms with Gasteiger partial charge in [-0.1, -0.05) is 23.9 Å². The summed E-state index contributed by atoms with van der Waals surface area (Å²) in [5.41, 5.74) is 1.68. The van der Waals surface area contributed by atoms with Crippen molar-refractivity contribution in [3.63, 3.8) is 0 Å². The number of thioether (sulfide) groups is 1. The Kier molecular flexibility index (Phi) is 5.00. The average Bonchev–Trinajstić information content (AvgIpc) is 3.08. The zero-order valence-corrected chi connectivity index (χ0v) is 14.1. The first kappa shape index (κ1) is 16.3. The third-order valence-electron chi connectivity index (χ3n) is 3.39. The summed E-state index contributed by atoms with van der Waals surface area (Å²) in [6, 6.07) is 12.0. The smallest absolute Gasteiger partial charge is 0.209 e. The first-order valence-electron chi connectivity index (χ1n) is 7.21. The Morgan fingerprint density at radius 3 is 2.75 bits per heavy atom. The molecule has 0 spiro atoms. The van der Waals surface area contributed by atoms with E-state index in [0.717, 1.165) is 11.1 Å². The fraction of sp³-hybridized carbons (Fsp3) is 0.176. The Labute approximate surface area is 143 Å². The van der Waals surface area contributed by atoms with Crippen LogP contribution in [0, 0.1) is 5.82 Å². The minimum atomic E-state index is -0.244. The molecule has 0 unspecified atom stereocenters. The molecular formula is C17H16FN3O2S. The summed E-state index contributed by atoms with van der Waals surface area (Å²) in [6.07, 6.45) is 0. The maximum absolute atomic E-state index is 13.2. The second kappa shape index (κ2) is 7.35. The van der Waals surface area contributed by atoms with E-state index in [2.05, 4.69) is 15.2 Å². The van der Waals surface area contributed by atoms with Crippen LogP contribution in [0.2, 0.25) is 0 Å². The molecule has 2 aromatic carbocycles. The lowest BCUT2D eigenvalue weighted by atomic mass is 10.2. The van der Waals surface area contributed by atoms with Gasteiger partial charge in [0.05, 0.1) is 19.8 Å². The minimum absolute atomic E-state index is 0.244. The van der Waals surface area contributed by atoms with Crippen molar-refractivity contribution in [2.24, 2.45) is 0 Å². The molecule has 0 aliphatic heterocycles. The van der Waals surface area contributed by atoms with Crippen molar-refractivity contribution < 1.29 is 13.9 Å². The molecule has 0 radical (unpaired) electrons. The molecule has 3 aromatic rings. The fourth-order valence-electron chi connectivity index (χ4n) is 2.20. The quantitative estimate of drug-likeness (QED) is 0.686. The number of aromatic amines is 1. The van der Waals surface area contributed by atoms with Crippen molar-refractivity contribution >= 4 is 11.8 Å². The van der Waals surface area contributed by atoms with E-state index in [1.165, 1.54) is 23.9 Å². The summed E-state index contributed by atoms with van der Waals surface area (Å²) in [7, 11) is 3.19. The van der Waals surface area contributed by atoms with Crippen LogP contribution in [0.5, 0.6) is 11.5 Å². The van der Waals surface area contributed by atoms with Gasteiger partial charge in [-0.3, -0.25) is 5.10 Å². The molecule has 0 atom stereocenters. The Morgan fingerprint density at radius 1 is 1.12 bits per heavy atom. The number of H-pyrrole nitrogens is 1. The lowest BCUT2D eigenvalue weighted by molar-refractivity contribution is 0.395. The van der Waals surface area contributed by atoms with Crippen molar-refractivity contribution in [3.05, 3.63) is 53.8 Å². The van der Waals surface area contributed by atoms with Crippen LogP contribution in [0.4, 0.5) is 4.39 Å². The van der Waals surface area contributed by atoms with E-state index in [1.807, 2.05) is 18.2 Å². The SMILES string of the molecule is COc1ccc(-c2nc(SCc3cccc(F)c3)n[nH]2)c(OC)c1. The van der Waals surface area contributed by atoms with E-state index in [0.29, 0.717) is 28.2 Å². The molecule has 0 aliphatic carbocycles. The number of hydrogen-bond donors (Lipinski definition) is 1. The van der Waals surface area contributed by atoms with Crippen molar-refractivity contribution in [2.75, 3.05) is 14.2 Å². The van der Waals surface area contributed by atoms with Crippen LogP contribution >= 0.6 is 11.8 Å². The van der Waals surface area contributed by atoms with Crippen LogP contribution in [0.3, 0.4) is 0 Å². The monoisotopic (exact) mass is 345 g/mol. The van der Waals surface area contributed by atoms with Gasteiger partial charge in [0.15, 0.2) is 5.82 Å². The van der Waals surface area contributed by atoms with Gasteiger partial charge in [-0.05, 0) is 29.8 Å². The van der Waals surface area contributed by atoms with Gasteiger partial charge in [0.25, 0.3) is 0 Å². The van der Waals surface area contributed by atoms with Gasteiger partial charge in [-0.2, -0.15) is 0 Å². The van der Waals surface area contributed by atoms with Crippen LogP contribution in [-0.4, -0.2) is 29.4 Å². The predicted molar refractivity (Wildman–Crippen MR) is 90.9 cm³/mol. The van der Waals surface area contributed by atoms with Gasteiger partial charge in [0, 0.05) is 11.8 Å². The maximum Gasteiger partial charge on any atom is 0.209 e.